The molecular weight excluding hydrogens is 494 g/mol. The van der Waals surface area contributed by atoms with Gasteiger partial charge >= 0.3 is 11.9 Å². The van der Waals surface area contributed by atoms with E-state index < -0.39 is 11.9 Å². The lowest BCUT2D eigenvalue weighted by atomic mass is 10.0. The molecule has 1 aromatic heterocycles. The Labute approximate surface area is 220 Å². The Morgan fingerprint density at radius 3 is 2.13 bits per heavy atom. The van der Waals surface area contributed by atoms with Gasteiger partial charge in [0.25, 0.3) is 0 Å². The minimum Gasteiger partial charge on any atom is -0.495 e. The summed E-state index contributed by atoms with van der Waals surface area (Å²) in [6.07, 6.45) is 8.15. The molecule has 38 heavy (non-hydrogen) atoms. The molecule has 0 radical (unpaired) electrons. The molecule has 0 amide bonds. The van der Waals surface area contributed by atoms with Crippen LogP contribution < -0.4 is 14.2 Å². The van der Waals surface area contributed by atoms with Gasteiger partial charge in [-0.2, -0.15) is 0 Å². The fourth-order valence-corrected chi connectivity index (χ4v) is 4.20. The quantitative estimate of drug-likeness (QED) is 0.242. The lowest BCUT2D eigenvalue weighted by Crippen LogP contribution is -2.41. The molecule has 2 heterocycles. The number of aliphatic carboxylic acids is 2. The van der Waals surface area contributed by atoms with Crippen molar-refractivity contribution in [3.05, 3.63) is 59.9 Å². The third-order valence-corrected chi connectivity index (χ3v) is 6.03. The van der Waals surface area contributed by atoms with Crippen LogP contribution >= 0.6 is 0 Å². The average Bonchev–Trinajstić information content (AvgIpc) is 3.42. The van der Waals surface area contributed by atoms with Crippen molar-refractivity contribution in [2.75, 3.05) is 27.3 Å². The summed E-state index contributed by atoms with van der Waals surface area (Å²) in [6.45, 7) is 3.92. The molecule has 2 aromatic carbocycles. The molecule has 0 bridgehead atoms. The van der Waals surface area contributed by atoms with Crippen molar-refractivity contribution in [3.8, 4) is 17.2 Å². The molecule has 1 fully saturated rings. The maximum absolute atomic E-state index is 13.5. The third-order valence-electron chi connectivity index (χ3n) is 6.03. The number of methoxy groups -OCH3 is 2. The zero-order valence-electron chi connectivity index (χ0n) is 21.5. The average molecular weight is 526 g/mol. The molecule has 1 atom stereocenters. The van der Waals surface area contributed by atoms with Crippen LogP contribution in [0, 0.1) is 0 Å². The maximum Gasteiger partial charge on any atom is 0.414 e. The molecule has 0 saturated carbocycles. The van der Waals surface area contributed by atoms with Gasteiger partial charge in [-0.05, 0) is 37.5 Å². The number of fused-ring (bicyclic) bond motifs is 1. The third kappa shape index (κ3) is 6.71. The van der Waals surface area contributed by atoms with Crippen LogP contribution in [0.1, 0.15) is 42.1 Å². The highest BCUT2D eigenvalue weighted by molar-refractivity contribution is 6.27. The summed E-state index contributed by atoms with van der Waals surface area (Å²) in [5.74, 6) is -2.73. The number of carboxylic acid groups (broad SMARTS) is 2. The van der Waals surface area contributed by atoms with Gasteiger partial charge in [0.05, 0.1) is 25.9 Å². The molecule has 3 aromatic rings. The fourth-order valence-electron chi connectivity index (χ4n) is 4.20. The Hall–Kier alpha value is -4.31. The highest BCUT2D eigenvalue weighted by atomic mass is 16.5. The maximum atomic E-state index is 13.5. The number of likely N-dealkylation sites (tertiary alicyclic amines) is 1. The molecule has 0 spiro atoms. The predicted octanol–water partition coefficient (Wildman–Crippen LogP) is 4.71. The largest absolute Gasteiger partial charge is 0.495 e. The van der Waals surface area contributed by atoms with Crippen LogP contribution in [0.2, 0.25) is 0 Å². The molecule has 2 N–H and O–H groups in total. The smallest absolute Gasteiger partial charge is 0.414 e. The van der Waals surface area contributed by atoms with E-state index in [1.165, 1.54) is 12.5 Å². The first-order valence-corrected chi connectivity index (χ1v) is 12.1. The Morgan fingerprint density at radius 2 is 1.55 bits per heavy atom. The van der Waals surface area contributed by atoms with E-state index in [0.29, 0.717) is 33.8 Å². The molecule has 10 heteroatoms. The van der Waals surface area contributed by atoms with E-state index in [9.17, 15) is 4.79 Å². The Morgan fingerprint density at radius 1 is 0.921 bits per heavy atom. The molecule has 202 valence electrons. The number of piperidine rings is 1. The van der Waals surface area contributed by atoms with Crippen molar-refractivity contribution >= 4 is 34.8 Å². The van der Waals surface area contributed by atoms with Crippen LogP contribution in [-0.2, 0) is 9.59 Å². The lowest BCUT2D eigenvalue weighted by molar-refractivity contribution is -0.159. The first-order chi connectivity index (χ1) is 18.3. The number of furan rings is 1. The van der Waals surface area contributed by atoms with Gasteiger partial charge in [-0.25, -0.2) is 9.59 Å². The second-order valence-electron chi connectivity index (χ2n) is 8.47. The zero-order valence-corrected chi connectivity index (χ0v) is 21.5. The number of rotatable bonds is 8. The van der Waals surface area contributed by atoms with Gasteiger partial charge < -0.3 is 28.8 Å². The molecule has 4 rings (SSSR count). The minimum absolute atomic E-state index is 0.229. The summed E-state index contributed by atoms with van der Waals surface area (Å²) in [5, 5.41) is 15.4. The van der Waals surface area contributed by atoms with Crippen molar-refractivity contribution in [2.24, 2.45) is 0 Å². The number of ether oxygens (including phenoxy) is 3. The first-order valence-electron chi connectivity index (χ1n) is 12.1. The van der Waals surface area contributed by atoms with Crippen LogP contribution in [-0.4, -0.2) is 66.4 Å². The van der Waals surface area contributed by atoms with Crippen molar-refractivity contribution < 1.29 is 43.2 Å². The number of ketones is 1. The van der Waals surface area contributed by atoms with E-state index in [0.717, 1.165) is 31.5 Å². The predicted molar refractivity (Wildman–Crippen MR) is 140 cm³/mol. The van der Waals surface area contributed by atoms with Gasteiger partial charge in [-0.3, -0.25) is 9.69 Å². The summed E-state index contributed by atoms with van der Waals surface area (Å²) >= 11 is 0. The van der Waals surface area contributed by atoms with Gasteiger partial charge in [0.15, 0.2) is 17.1 Å². The van der Waals surface area contributed by atoms with Crippen molar-refractivity contribution in [3.63, 3.8) is 0 Å². The van der Waals surface area contributed by atoms with Gasteiger partial charge in [-0.1, -0.05) is 42.8 Å². The van der Waals surface area contributed by atoms with Gasteiger partial charge in [0, 0.05) is 13.1 Å². The fraction of sp³-hybridized carbons (Fsp3) is 0.321. The molecule has 1 aliphatic rings. The summed E-state index contributed by atoms with van der Waals surface area (Å²) in [7, 11) is 3.10. The number of carboxylic acids is 2. The second-order valence-corrected chi connectivity index (χ2v) is 8.47. The van der Waals surface area contributed by atoms with Crippen LogP contribution in [0.25, 0.3) is 17.0 Å². The minimum atomic E-state index is -1.82. The van der Waals surface area contributed by atoms with E-state index in [1.807, 2.05) is 37.3 Å². The SMILES string of the molecule is COc1c(C(=O)/C=C/c2ccccc2)c(OC(C)N2CCCCC2)c(OC)c2occc12.O=C(O)C(=O)O. The van der Waals surface area contributed by atoms with Crippen molar-refractivity contribution in [2.45, 2.75) is 32.4 Å². The van der Waals surface area contributed by atoms with Crippen molar-refractivity contribution in [1.82, 2.24) is 4.90 Å². The summed E-state index contributed by atoms with van der Waals surface area (Å²) in [6, 6.07) is 11.5. The summed E-state index contributed by atoms with van der Waals surface area (Å²) < 4.78 is 23.5. The molecule has 1 aliphatic heterocycles. The second kappa shape index (κ2) is 13.3. The Balaban J connectivity index is 0.000000599. The van der Waals surface area contributed by atoms with E-state index in [2.05, 4.69) is 4.90 Å². The van der Waals surface area contributed by atoms with Gasteiger partial charge in [0.2, 0.25) is 5.75 Å². The molecule has 1 unspecified atom stereocenters. The van der Waals surface area contributed by atoms with Crippen LogP contribution in [0.5, 0.6) is 17.2 Å². The van der Waals surface area contributed by atoms with Gasteiger partial charge in [-0.15, -0.1) is 0 Å². The monoisotopic (exact) mass is 525 g/mol. The zero-order chi connectivity index (χ0) is 27.7. The topological polar surface area (TPSA) is 136 Å². The molecule has 0 aliphatic carbocycles. The van der Waals surface area contributed by atoms with E-state index in [-0.39, 0.29) is 12.0 Å². The summed E-state index contributed by atoms with van der Waals surface area (Å²) in [5.41, 5.74) is 1.75. The number of carbonyl (C=O) groups is 3. The number of benzene rings is 2. The standard InChI is InChI=1S/C26H29NO5.C2H2O4/c1-18(27-15-8-5-9-16-27)32-25-22(21(28)13-12-19-10-6-4-7-11-19)23(29-2)20-14-17-31-24(20)26(25)30-3;3-1(4)2(5)6/h4,6-7,10-14,17-18H,5,8-9,15-16H2,1-3H3;(H,3,4)(H,5,6)/b13-12+;. The van der Waals surface area contributed by atoms with Crippen LogP contribution in [0.4, 0.5) is 0 Å². The Bertz CT molecular complexity index is 1280. The normalized spacial score (nSPS) is 14.4. The lowest BCUT2D eigenvalue weighted by Gasteiger charge is -2.33. The molecule has 10 nitrogen and oxygen atoms in total. The molecular formula is C28H31NO9. The van der Waals surface area contributed by atoms with E-state index in [1.54, 1.807) is 32.6 Å². The highest BCUT2D eigenvalue weighted by Crippen LogP contribution is 2.47. The van der Waals surface area contributed by atoms with Gasteiger partial charge in [0.1, 0.15) is 17.5 Å². The number of hydrogen-bond donors (Lipinski definition) is 2. The van der Waals surface area contributed by atoms with Crippen LogP contribution in [0.15, 0.2) is 53.2 Å². The Kier molecular flexibility index (Phi) is 9.89. The van der Waals surface area contributed by atoms with Crippen LogP contribution in [0.3, 0.4) is 0 Å². The summed E-state index contributed by atoms with van der Waals surface area (Å²) in [4.78, 5) is 33.9. The van der Waals surface area contributed by atoms with E-state index >= 15 is 0 Å². The number of carbonyl (C=O) groups excluding carboxylic acids is 1. The number of nitrogens with zero attached hydrogens (tertiary/aromatic N) is 1. The highest BCUT2D eigenvalue weighted by Gasteiger charge is 2.30. The molecule has 1 saturated heterocycles. The number of allylic oxidation sites excluding steroid dienone is 1. The van der Waals surface area contributed by atoms with E-state index in [4.69, 9.17) is 38.4 Å². The number of hydrogen-bond acceptors (Lipinski definition) is 8. The van der Waals surface area contributed by atoms with Crippen molar-refractivity contribution in [1.29, 1.82) is 0 Å². The first kappa shape index (κ1) is 28.3.